The van der Waals surface area contributed by atoms with Crippen LogP contribution in [0.4, 0.5) is 0 Å². The molecule has 2 rings (SSSR count). The van der Waals surface area contributed by atoms with Crippen LogP contribution >= 0.6 is 12.4 Å². The third kappa shape index (κ3) is 8.41. The minimum atomic E-state index is 0. The molecular formula is C19H36ClN3O2. The monoisotopic (exact) mass is 373 g/mol. The van der Waals surface area contributed by atoms with Crippen molar-refractivity contribution in [1.82, 2.24) is 10.6 Å². The van der Waals surface area contributed by atoms with Crippen molar-refractivity contribution in [1.29, 1.82) is 0 Å². The molecule has 4 N–H and O–H groups in total. The first kappa shape index (κ1) is 22.2. The fourth-order valence-electron chi connectivity index (χ4n) is 4.01. The second kappa shape index (κ2) is 11.7. The third-order valence-electron chi connectivity index (χ3n) is 5.56. The Morgan fingerprint density at radius 3 is 2.28 bits per heavy atom. The quantitative estimate of drug-likeness (QED) is 0.641. The normalized spacial score (nSPS) is 25.5. The summed E-state index contributed by atoms with van der Waals surface area (Å²) in [4.78, 5) is 24.3. The number of nitrogens with one attached hydrogen (secondary N) is 2. The van der Waals surface area contributed by atoms with E-state index in [2.05, 4.69) is 10.6 Å². The van der Waals surface area contributed by atoms with Crippen molar-refractivity contribution < 1.29 is 9.59 Å². The van der Waals surface area contributed by atoms with Crippen LogP contribution in [-0.4, -0.2) is 30.4 Å². The van der Waals surface area contributed by atoms with E-state index in [0.717, 1.165) is 32.1 Å². The van der Waals surface area contributed by atoms with Crippen molar-refractivity contribution in [2.24, 2.45) is 17.6 Å². The van der Waals surface area contributed by atoms with Crippen molar-refractivity contribution in [3.63, 3.8) is 0 Å². The number of carbonyl (C=O) groups excluding carboxylic acids is 2. The van der Waals surface area contributed by atoms with Gasteiger partial charge in [-0.2, -0.15) is 0 Å². The van der Waals surface area contributed by atoms with E-state index < -0.39 is 0 Å². The summed E-state index contributed by atoms with van der Waals surface area (Å²) in [7, 11) is 0. The number of hydrogen-bond donors (Lipinski definition) is 3. The minimum absolute atomic E-state index is 0. The molecule has 1 atom stereocenters. The van der Waals surface area contributed by atoms with Gasteiger partial charge >= 0.3 is 0 Å². The van der Waals surface area contributed by atoms with E-state index in [-0.39, 0.29) is 42.2 Å². The van der Waals surface area contributed by atoms with Gasteiger partial charge in [0.1, 0.15) is 0 Å². The summed E-state index contributed by atoms with van der Waals surface area (Å²) in [5.41, 5.74) is 5.70. The van der Waals surface area contributed by atoms with Crippen molar-refractivity contribution in [2.45, 2.75) is 89.6 Å². The van der Waals surface area contributed by atoms with Gasteiger partial charge in [-0.1, -0.05) is 19.3 Å². The molecule has 2 aliphatic rings. The first-order valence-corrected chi connectivity index (χ1v) is 9.87. The maximum atomic E-state index is 12.2. The molecule has 0 spiro atoms. The molecule has 25 heavy (non-hydrogen) atoms. The molecule has 2 fully saturated rings. The molecule has 2 amide bonds. The second-order valence-corrected chi connectivity index (χ2v) is 7.88. The highest BCUT2D eigenvalue weighted by Gasteiger charge is 2.27. The highest BCUT2D eigenvalue weighted by Crippen LogP contribution is 2.27. The lowest BCUT2D eigenvalue weighted by molar-refractivity contribution is -0.126. The number of amides is 2. The van der Waals surface area contributed by atoms with Gasteiger partial charge in [0, 0.05) is 31.0 Å². The van der Waals surface area contributed by atoms with Crippen LogP contribution in [0.1, 0.15) is 77.6 Å². The predicted octanol–water partition coefficient (Wildman–Crippen LogP) is 2.91. The molecule has 0 aromatic carbocycles. The van der Waals surface area contributed by atoms with Gasteiger partial charge in [-0.15, -0.1) is 12.4 Å². The van der Waals surface area contributed by atoms with Crippen LogP contribution in [0.5, 0.6) is 0 Å². The Kier molecular flexibility index (Phi) is 10.4. The number of carbonyl (C=O) groups is 2. The zero-order valence-electron chi connectivity index (χ0n) is 15.6. The van der Waals surface area contributed by atoms with Gasteiger partial charge in [0.25, 0.3) is 0 Å². The number of nitrogens with two attached hydrogens (primary N) is 1. The molecule has 0 bridgehead atoms. The lowest BCUT2D eigenvalue weighted by atomic mass is 9.84. The van der Waals surface area contributed by atoms with Crippen molar-refractivity contribution in [2.75, 3.05) is 6.54 Å². The summed E-state index contributed by atoms with van der Waals surface area (Å²) in [5.74, 6) is 1.06. The molecule has 0 aromatic heterocycles. The van der Waals surface area contributed by atoms with Gasteiger partial charge in [0.05, 0.1) is 0 Å². The van der Waals surface area contributed by atoms with E-state index in [1.165, 1.54) is 32.1 Å². The largest absolute Gasteiger partial charge is 0.356 e. The highest BCUT2D eigenvalue weighted by molar-refractivity contribution is 5.85. The summed E-state index contributed by atoms with van der Waals surface area (Å²) < 4.78 is 0. The average Bonchev–Trinajstić information content (AvgIpc) is 2.56. The van der Waals surface area contributed by atoms with Crippen molar-refractivity contribution in [3.05, 3.63) is 0 Å². The van der Waals surface area contributed by atoms with Crippen molar-refractivity contribution >= 4 is 24.2 Å². The smallest absolute Gasteiger partial charge is 0.223 e. The Bertz CT molecular complexity index is 403. The summed E-state index contributed by atoms with van der Waals surface area (Å²) in [5, 5.41) is 6.18. The van der Waals surface area contributed by atoms with E-state index in [0.29, 0.717) is 18.9 Å². The van der Waals surface area contributed by atoms with E-state index in [1.54, 1.807) is 0 Å². The average molecular weight is 374 g/mol. The Morgan fingerprint density at radius 2 is 1.68 bits per heavy atom. The molecule has 0 aliphatic heterocycles. The van der Waals surface area contributed by atoms with E-state index >= 15 is 0 Å². The third-order valence-corrected chi connectivity index (χ3v) is 5.56. The van der Waals surface area contributed by atoms with Gasteiger partial charge in [-0.3, -0.25) is 9.59 Å². The Morgan fingerprint density at radius 1 is 1.04 bits per heavy atom. The summed E-state index contributed by atoms with van der Waals surface area (Å²) in [6.07, 6.45) is 11.4. The van der Waals surface area contributed by atoms with E-state index in [9.17, 15) is 9.59 Å². The van der Waals surface area contributed by atoms with Gasteiger partial charge < -0.3 is 16.4 Å². The first-order chi connectivity index (χ1) is 11.5. The predicted molar refractivity (Wildman–Crippen MR) is 104 cm³/mol. The maximum Gasteiger partial charge on any atom is 0.223 e. The Labute approximate surface area is 158 Å². The van der Waals surface area contributed by atoms with E-state index in [4.69, 9.17) is 5.73 Å². The molecule has 0 radical (unpaired) electrons. The molecule has 0 aromatic rings. The van der Waals surface area contributed by atoms with Gasteiger partial charge in [0.2, 0.25) is 11.8 Å². The van der Waals surface area contributed by atoms with Crippen LogP contribution < -0.4 is 16.4 Å². The van der Waals surface area contributed by atoms with Crippen LogP contribution in [0.25, 0.3) is 0 Å². The molecular weight excluding hydrogens is 338 g/mol. The van der Waals surface area contributed by atoms with Crippen LogP contribution in [0, 0.1) is 11.8 Å². The number of halogens is 1. The highest BCUT2D eigenvalue weighted by atomic mass is 35.5. The SMILES string of the molecule is CC(N)CCNC(=O)C1CCC(NC(=O)CC2CCCCC2)CC1.Cl. The van der Waals surface area contributed by atoms with E-state index in [1.807, 2.05) is 6.92 Å². The molecule has 0 saturated heterocycles. The molecule has 5 nitrogen and oxygen atoms in total. The Hall–Kier alpha value is -0.810. The lowest BCUT2D eigenvalue weighted by Gasteiger charge is -2.29. The zero-order chi connectivity index (χ0) is 17.4. The fraction of sp³-hybridized carbons (Fsp3) is 0.895. The van der Waals surface area contributed by atoms with Crippen LogP contribution in [0.2, 0.25) is 0 Å². The molecule has 1 unspecified atom stereocenters. The maximum absolute atomic E-state index is 12.2. The fourth-order valence-corrected chi connectivity index (χ4v) is 4.01. The second-order valence-electron chi connectivity index (χ2n) is 7.88. The van der Waals surface area contributed by atoms with Gasteiger partial charge in [-0.25, -0.2) is 0 Å². The number of hydrogen-bond acceptors (Lipinski definition) is 3. The minimum Gasteiger partial charge on any atom is -0.356 e. The molecule has 2 aliphatic carbocycles. The molecule has 146 valence electrons. The van der Waals surface area contributed by atoms with Gasteiger partial charge in [-0.05, 0) is 57.8 Å². The van der Waals surface area contributed by atoms with Crippen molar-refractivity contribution in [3.8, 4) is 0 Å². The summed E-state index contributed by atoms with van der Waals surface area (Å²) in [6, 6.07) is 0.384. The zero-order valence-corrected chi connectivity index (χ0v) is 16.4. The topological polar surface area (TPSA) is 84.2 Å². The summed E-state index contributed by atoms with van der Waals surface area (Å²) >= 11 is 0. The lowest BCUT2D eigenvalue weighted by Crippen LogP contribution is -2.41. The number of rotatable bonds is 7. The standard InChI is InChI=1S/C19H35N3O2.ClH/c1-14(20)11-12-21-19(24)16-7-9-17(10-8-16)22-18(23)13-15-5-3-2-4-6-15;/h14-17H,2-13,20H2,1H3,(H,21,24)(H,22,23);1H. The first-order valence-electron chi connectivity index (χ1n) is 9.87. The van der Waals surface area contributed by atoms with Crippen LogP contribution in [0.15, 0.2) is 0 Å². The molecule has 6 heteroatoms. The van der Waals surface area contributed by atoms with Crippen LogP contribution in [-0.2, 0) is 9.59 Å². The van der Waals surface area contributed by atoms with Crippen LogP contribution in [0.3, 0.4) is 0 Å². The molecule has 2 saturated carbocycles. The Balaban J connectivity index is 0.00000312. The summed E-state index contributed by atoms with van der Waals surface area (Å²) in [6.45, 7) is 2.61. The molecule has 0 heterocycles. The van der Waals surface area contributed by atoms with Gasteiger partial charge in [0.15, 0.2) is 0 Å².